The van der Waals surface area contributed by atoms with Gasteiger partial charge in [0.2, 0.25) is 11.9 Å². The molecule has 1 aromatic carbocycles. The molecule has 1 heterocycles. The highest BCUT2D eigenvalue weighted by atomic mass is 35.5. The summed E-state index contributed by atoms with van der Waals surface area (Å²) < 4.78 is 1.78. The Morgan fingerprint density at radius 1 is 1.50 bits per heavy atom. The molecule has 0 aliphatic carbocycles. The second kappa shape index (κ2) is 6.13. The van der Waals surface area contributed by atoms with E-state index in [0.29, 0.717) is 36.4 Å². The molecule has 0 saturated carbocycles. The first-order valence-corrected chi connectivity index (χ1v) is 7.03. The van der Waals surface area contributed by atoms with Crippen molar-refractivity contribution in [3.05, 3.63) is 23.2 Å². The van der Waals surface area contributed by atoms with Crippen LogP contribution in [0, 0.1) is 5.92 Å². The molecule has 0 unspecified atom stereocenters. The van der Waals surface area contributed by atoms with Gasteiger partial charge in [0.05, 0.1) is 16.1 Å². The minimum Gasteiger partial charge on any atom is -0.369 e. The fourth-order valence-corrected chi connectivity index (χ4v) is 2.28. The topological polar surface area (TPSA) is 72.9 Å². The SMILES string of the molecule is CC(C)CNC(=O)CCn1c(N)nc2cccc(Cl)c21. The van der Waals surface area contributed by atoms with E-state index in [4.69, 9.17) is 17.3 Å². The molecule has 0 aliphatic heterocycles. The maximum atomic E-state index is 11.8. The van der Waals surface area contributed by atoms with E-state index in [-0.39, 0.29) is 5.91 Å². The van der Waals surface area contributed by atoms with E-state index in [9.17, 15) is 4.79 Å². The first-order chi connectivity index (χ1) is 9.49. The summed E-state index contributed by atoms with van der Waals surface area (Å²) in [5.41, 5.74) is 7.42. The number of aryl methyl sites for hydroxylation is 1. The summed E-state index contributed by atoms with van der Waals surface area (Å²) in [7, 11) is 0. The van der Waals surface area contributed by atoms with Crippen LogP contribution in [0.25, 0.3) is 11.0 Å². The molecule has 0 atom stereocenters. The summed E-state index contributed by atoms with van der Waals surface area (Å²) in [5, 5.41) is 3.47. The molecule has 5 nitrogen and oxygen atoms in total. The fraction of sp³-hybridized carbons (Fsp3) is 0.429. The highest BCUT2D eigenvalue weighted by molar-refractivity contribution is 6.35. The van der Waals surface area contributed by atoms with E-state index in [1.807, 2.05) is 12.1 Å². The largest absolute Gasteiger partial charge is 0.369 e. The number of nitrogens with one attached hydrogen (secondary N) is 1. The first-order valence-electron chi connectivity index (χ1n) is 6.66. The highest BCUT2D eigenvalue weighted by Crippen LogP contribution is 2.25. The number of imidazole rings is 1. The van der Waals surface area contributed by atoms with Crippen molar-refractivity contribution in [3.8, 4) is 0 Å². The summed E-state index contributed by atoms with van der Waals surface area (Å²) in [6, 6.07) is 5.48. The normalized spacial score (nSPS) is 11.2. The molecule has 1 amide bonds. The Bertz CT molecular complexity index is 621. The number of para-hydroxylation sites is 1. The molecule has 108 valence electrons. The number of nitrogen functional groups attached to an aromatic ring is 1. The van der Waals surface area contributed by atoms with Crippen LogP contribution in [0.1, 0.15) is 20.3 Å². The second-order valence-electron chi connectivity index (χ2n) is 5.18. The molecular weight excluding hydrogens is 276 g/mol. The Kier molecular flexibility index (Phi) is 4.49. The van der Waals surface area contributed by atoms with E-state index in [1.165, 1.54) is 0 Å². The lowest BCUT2D eigenvalue weighted by molar-refractivity contribution is -0.121. The predicted molar refractivity (Wildman–Crippen MR) is 81.6 cm³/mol. The molecule has 3 N–H and O–H groups in total. The van der Waals surface area contributed by atoms with Crippen LogP contribution in [0.3, 0.4) is 0 Å². The number of benzene rings is 1. The van der Waals surface area contributed by atoms with E-state index < -0.39 is 0 Å². The zero-order chi connectivity index (χ0) is 14.7. The number of hydrogen-bond donors (Lipinski definition) is 2. The van der Waals surface area contributed by atoms with Crippen molar-refractivity contribution in [1.29, 1.82) is 0 Å². The van der Waals surface area contributed by atoms with Gasteiger partial charge in [-0.25, -0.2) is 4.98 Å². The minimum atomic E-state index is 0.00648. The van der Waals surface area contributed by atoms with Crippen molar-refractivity contribution in [3.63, 3.8) is 0 Å². The van der Waals surface area contributed by atoms with Gasteiger partial charge in [-0.2, -0.15) is 0 Å². The lowest BCUT2D eigenvalue weighted by atomic mass is 10.2. The molecule has 0 fully saturated rings. The van der Waals surface area contributed by atoms with Crippen molar-refractivity contribution < 1.29 is 4.79 Å². The standard InChI is InChI=1S/C14H19ClN4O/c1-9(2)8-17-12(20)6-7-19-13-10(15)4-3-5-11(13)18-14(19)16/h3-5,9H,6-8H2,1-2H3,(H2,16,18)(H,17,20). The van der Waals surface area contributed by atoms with Crippen molar-refractivity contribution in [2.75, 3.05) is 12.3 Å². The van der Waals surface area contributed by atoms with Gasteiger partial charge in [0.15, 0.2) is 0 Å². The third-order valence-electron chi connectivity index (χ3n) is 3.02. The fourth-order valence-electron chi connectivity index (χ4n) is 2.01. The van der Waals surface area contributed by atoms with Crippen molar-refractivity contribution in [2.45, 2.75) is 26.8 Å². The molecule has 0 bridgehead atoms. The van der Waals surface area contributed by atoms with Crippen LogP contribution >= 0.6 is 11.6 Å². The van der Waals surface area contributed by atoms with Crippen LogP contribution in [0.15, 0.2) is 18.2 Å². The quantitative estimate of drug-likeness (QED) is 0.889. The van der Waals surface area contributed by atoms with Gasteiger partial charge in [0.1, 0.15) is 0 Å². The lowest BCUT2D eigenvalue weighted by Gasteiger charge is -2.09. The van der Waals surface area contributed by atoms with Crippen LogP contribution in [0.4, 0.5) is 5.95 Å². The number of carbonyl (C=O) groups excluding carboxylic acids is 1. The number of amides is 1. The third-order valence-corrected chi connectivity index (χ3v) is 3.32. The number of rotatable bonds is 5. The Balaban J connectivity index is 2.10. The average molecular weight is 295 g/mol. The van der Waals surface area contributed by atoms with E-state index in [2.05, 4.69) is 24.1 Å². The summed E-state index contributed by atoms with van der Waals surface area (Å²) in [5.74, 6) is 0.823. The number of nitrogens with zero attached hydrogens (tertiary/aromatic N) is 2. The van der Waals surface area contributed by atoms with Gasteiger partial charge in [-0.15, -0.1) is 0 Å². The van der Waals surface area contributed by atoms with E-state index in [0.717, 1.165) is 11.0 Å². The Labute approximate surface area is 123 Å². The second-order valence-corrected chi connectivity index (χ2v) is 5.58. The average Bonchev–Trinajstić information content (AvgIpc) is 2.71. The number of aromatic nitrogens is 2. The number of nitrogens with two attached hydrogens (primary N) is 1. The number of hydrogen-bond acceptors (Lipinski definition) is 3. The molecule has 0 aliphatic rings. The summed E-state index contributed by atoms with van der Waals surface area (Å²) >= 11 is 6.18. The minimum absolute atomic E-state index is 0.00648. The van der Waals surface area contributed by atoms with E-state index in [1.54, 1.807) is 10.6 Å². The first kappa shape index (κ1) is 14.7. The van der Waals surface area contributed by atoms with Gasteiger partial charge < -0.3 is 15.6 Å². The molecule has 2 rings (SSSR count). The number of fused-ring (bicyclic) bond motifs is 1. The summed E-state index contributed by atoms with van der Waals surface area (Å²) in [6.45, 7) is 5.26. The Morgan fingerprint density at radius 2 is 2.25 bits per heavy atom. The summed E-state index contributed by atoms with van der Waals surface area (Å²) in [6.07, 6.45) is 0.355. The van der Waals surface area contributed by atoms with Crippen molar-refractivity contribution in [1.82, 2.24) is 14.9 Å². The van der Waals surface area contributed by atoms with Gasteiger partial charge in [-0.3, -0.25) is 4.79 Å². The zero-order valence-electron chi connectivity index (χ0n) is 11.7. The van der Waals surface area contributed by atoms with Crippen LogP contribution < -0.4 is 11.1 Å². The van der Waals surface area contributed by atoms with Gasteiger partial charge in [-0.05, 0) is 18.1 Å². The Morgan fingerprint density at radius 3 is 2.95 bits per heavy atom. The highest BCUT2D eigenvalue weighted by Gasteiger charge is 2.12. The van der Waals surface area contributed by atoms with Gasteiger partial charge in [-0.1, -0.05) is 31.5 Å². The van der Waals surface area contributed by atoms with Crippen LogP contribution in [-0.4, -0.2) is 22.0 Å². The van der Waals surface area contributed by atoms with Gasteiger partial charge in [0, 0.05) is 19.5 Å². The molecule has 0 saturated heterocycles. The maximum absolute atomic E-state index is 11.8. The van der Waals surface area contributed by atoms with Crippen LogP contribution in [-0.2, 0) is 11.3 Å². The number of halogens is 1. The lowest BCUT2D eigenvalue weighted by Crippen LogP contribution is -2.28. The van der Waals surface area contributed by atoms with E-state index >= 15 is 0 Å². The van der Waals surface area contributed by atoms with Gasteiger partial charge in [0.25, 0.3) is 0 Å². The molecule has 1 aromatic heterocycles. The molecule has 20 heavy (non-hydrogen) atoms. The van der Waals surface area contributed by atoms with Crippen molar-refractivity contribution >= 4 is 34.5 Å². The molecule has 6 heteroatoms. The van der Waals surface area contributed by atoms with Crippen LogP contribution in [0.2, 0.25) is 5.02 Å². The monoisotopic (exact) mass is 294 g/mol. The zero-order valence-corrected chi connectivity index (χ0v) is 12.4. The Hall–Kier alpha value is -1.75. The third kappa shape index (κ3) is 3.22. The van der Waals surface area contributed by atoms with Gasteiger partial charge >= 0.3 is 0 Å². The molecular formula is C14H19ClN4O. The number of carbonyl (C=O) groups is 1. The van der Waals surface area contributed by atoms with Crippen molar-refractivity contribution in [2.24, 2.45) is 5.92 Å². The van der Waals surface area contributed by atoms with Crippen LogP contribution in [0.5, 0.6) is 0 Å². The maximum Gasteiger partial charge on any atom is 0.221 e. The molecule has 0 spiro atoms. The molecule has 2 aromatic rings. The summed E-state index contributed by atoms with van der Waals surface area (Å²) in [4.78, 5) is 16.0. The number of anilines is 1. The predicted octanol–water partition coefficient (Wildman–Crippen LogP) is 2.43. The molecule has 0 radical (unpaired) electrons. The smallest absolute Gasteiger partial charge is 0.221 e.